The Labute approximate surface area is 98.5 Å². The lowest BCUT2D eigenvalue weighted by molar-refractivity contribution is -0.138. The van der Waals surface area contributed by atoms with Crippen LogP contribution in [0.4, 0.5) is 4.39 Å². The second kappa shape index (κ2) is 4.20. The Morgan fingerprint density at radius 2 is 2.18 bits per heavy atom. The minimum atomic E-state index is -0.872. The van der Waals surface area contributed by atoms with Crippen molar-refractivity contribution in [1.29, 1.82) is 0 Å². The number of nitrogens with zero attached hydrogens (tertiary/aromatic N) is 1. The maximum absolute atomic E-state index is 13.1. The molecule has 0 bridgehead atoms. The molecule has 1 atom stereocenters. The first-order chi connectivity index (χ1) is 8.04. The van der Waals surface area contributed by atoms with E-state index in [2.05, 4.69) is 0 Å². The molecule has 1 unspecified atom stereocenters. The summed E-state index contributed by atoms with van der Waals surface area (Å²) in [6.45, 7) is 4.25. The summed E-state index contributed by atoms with van der Waals surface area (Å²) in [4.78, 5) is 11.0. The zero-order valence-electron chi connectivity index (χ0n) is 9.77. The van der Waals surface area contributed by atoms with E-state index in [1.165, 1.54) is 12.1 Å². The van der Waals surface area contributed by atoms with E-state index < -0.39 is 11.9 Å². The predicted molar refractivity (Wildman–Crippen MR) is 63.6 cm³/mol. The van der Waals surface area contributed by atoms with Gasteiger partial charge in [0, 0.05) is 23.1 Å². The van der Waals surface area contributed by atoms with Crippen LogP contribution in [0.5, 0.6) is 0 Å². The van der Waals surface area contributed by atoms with Crippen LogP contribution in [0.2, 0.25) is 0 Å². The highest BCUT2D eigenvalue weighted by Gasteiger charge is 2.19. The standard InChI is InChI=1S/C13H14FNO2/c1-3-15-11-5-4-10(14)6-9(11)7-12(15)8(2)13(16)17/h4-8H,3H2,1-2H3,(H,16,17). The Morgan fingerprint density at radius 1 is 1.47 bits per heavy atom. The highest BCUT2D eigenvalue weighted by Crippen LogP contribution is 2.26. The molecule has 1 N–H and O–H groups in total. The molecule has 1 heterocycles. The number of rotatable bonds is 3. The normalized spacial score (nSPS) is 12.9. The van der Waals surface area contributed by atoms with E-state index in [1.807, 2.05) is 11.5 Å². The van der Waals surface area contributed by atoms with Gasteiger partial charge in [0.2, 0.25) is 0 Å². The molecule has 4 heteroatoms. The number of carbonyl (C=O) groups is 1. The van der Waals surface area contributed by atoms with Gasteiger partial charge in [0.1, 0.15) is 5.82 Å². The van der Waals surface area contributed by atoms with Crippen molar-refractivity contribution < 1.29 is 14.3 Å². The van der Waals surface area contributed by atoms with Crippen molar-refractivity contribution in [1.82, 2.24) is 4.57 Å². The summed E-state index contributed by atoms with van der Waals surface area (Å²) in [6, 6.07) is 6.26. The number of carboxylic acid groups (broad SMARTS) is 1. The van der Waals surface area contributed by atoms with E-state index >= 15 is 0 Å². The Hall–Kier alpha value is -1.84. The number of hydrogen-bond acceptors (Lipinski definition) is 1. The average molecular weight is 235 g/mol. The Morgan fingerprint density at radius 3 is 2.76 bits per heavy atom. The maximum Gasteiger partial charge on any atom is 0.312 e. The Kier molecular flexibility index (Phi) is 2.88. The number of aliphatic carboxylic acids is 1. The van der Waals surface area contributed by atoms with Gasteiger partial charge in [-0.1, -0.05) is 0 Å². The Balaban J connectivity index is 2.67. The fourth-order valence-corrected chi connectivity index (χ4v) is 2.10. The third kappa shape index (κ3) is 1.90. The first-order valence-electron chi connectivity index (χ1n) is 5.56. The minimum Gasteiger partial charge on any atom is -0.481 e. The fraction of sp³-hybridized carbons (Fsp3) is 0.308. The van der Waals surface area contributed by atoms with Crippen LogP contribution in [0.1, 0.15) is 25.5 Å². The topological polar surface area (TPSA) is 42.2 Å². The third-order valence-corrected chi connectivity index (χ3v) is 3.03. The van der Waals surface area contributed by atoms with Gasteiger partial charge in [-0.25, -0.2) is 4.39 Å². The van der Waals surface area contributed by atoms with E-state index in [0.717, 1.165) is 10.9 Å². The summed E-state index contributed by atoms with van der Waals surface area (Å²) < 4.78 is 15.0. The van der Waals surface area contributed by atoms with Crippen LogP contribution < -0.4 is 0 Å². The van der Waals surface area contributed by atoms with Crippen LogP contribution in [-0.4, -0.2) is 15.6 Å². The second-order valence-corrected chi connectivity index (χ2v) is 4.08. The largest absolute Gasteiger partial charge is 0.481 e. The van der Waals surface area contributed by atoms with Gasteiger partial charge in [0.25, 0.3) is 0 Å². The molecule has 2 aromatic rings. The summed E-state index contributed by atoms with van der Waals surface area (Å²) >= 11 is 0. The van der Waals surface area contributed by atoms with Crippen molar-refractivity contribution in [2.45, 2.75) is 26.3 Å². The molecule has 2 rings (SSSR count). The molecule has 90 valence electrons. The molecule has 0 spiro atoms. The number of fused-ring (bicyclic) bond motifs is 1. The lowest BCUT2D eigenvalue weighted by atomic mass is 10.1. The van der Waals surface area contributed by atoms with E-state index in [1.54, 1.807) is 19.1 Å². The molecule has 17 heavy (non-hydrogen) atoms. The molecule has 0 fully saturated rings. The van der Waals surface area contributed by atoms with Crippen molar-refractivity contribution in [2.75, 3.05) is 0 Å². The van der Waals surface area contributed by atoms with Gasteiger partial charge in [0.15, 0.2) is 0 Å². The highest BCUT2D eigenvalue weighted by atomic mass is 19.1. The van der Waals surface area contributed by atoms with Gasteiger partial charge in [-0.3, -0.25) is 4.79 Å². The van der Waals surface area contributed by atoms with Crippen molar-refractivity contribution in [3.8, 4) is 0 Å². The number of aryl methyl sites for hydroxylation is 1. The van der Waals surface area contributed by atoms with Crippen molar-refractivity contribution in [3.63, 3.8) is 0 Å². The van der Waals surface area contributed by atoms with E-state index in [-0.39, 0.29) is 5.82 Å². The smallest absolute Gasteiger partial charge is 0.312 e. The number of halogens is 1. The number of hydrogen-bond donors (Lipinski definition) is 1. The van der Waals surface area contributed by atoms with E-state index in [4.69, 9.17) is 5.11 Å². The second-order valence-electron chi connectivity index (χ2n) is 4.08. The molecule has 0 amide bonds. The van der Waals surface area contributed by atoms with Gasteiger partial charge >= 0.3 is 5.97 Å². The lowest BCUT2D eigenvalue weighted by Gasteiger charge is -2.11. The maximum atomic E-state index is 13.1. The van der Waals surface area contributed by atoms with Gasteiger partial charge < -0.3 is 9.67 Å². The molecule has 3 nitrogen and oxygen atoms in total. The third-order valence-electron chi connectivity index (χ3n) is 3.03. The van der Waals surface area contributed by atoms with Gasteiger partial charge in [-0.05, 0) is 38.1 Å². The van der Waals surface area contributed by atoms with Gasteiger partial charge in [-0.15, -0.1) is 0 Å². The minimum absolute atomic E-state index is 0.305. The molecule has 0 aliphatic rings. The van der Waals surface area contributed by atoms with Crippen molar-refractivity contribution in [2.24, 2.45) is 0 Å². The Bertz CT molecular complexity index is 574. The molecule has 0 aliphatic carbocycles. The van der Waals surface area contributed by atoms with Gasteiger partial charge in [-0.2, -0.15) is 0 Å². The first kappa shape index (κ1) is 11.6. The molecular weight excluding hydrogens is 221 g/mol. The quantitative estimate of drug-likeness (QED) is 0.888. The number of carboxylic acids is 1. The van der Waals surface area contributed by atoms with Crippen LogP contribution >= 0.6 is 0 Å². The summed E-state index contributed by atoms with van der Waals surface area (Å²) in [5.41, 5.74) is 1.58. The number of benzene rings is 1. The van der Waals surface area contributed by atoms with Crippen LogP contribution in [0.3, 0.4) is 0 Å². The molecule has 1 aromatic carbocycles. The van der Waals surface area contributed by atoms with Crippen LogP contribution in [0.15, 0.2) is 24.3 Å². The van der Waals surface area contributed by atoms with E-state index in [9.17, 15) is 9.18 Å². The van der Waals surface area contributed by atoms with Crippen LogP contribution in [0, 0.1) is 5.82 Å². The molecule has 0 radical (unpaired) electrons. The highest BCUT2D eigenvalue weighted by molar-refractivity contribution is 5.84. The molecular formula is C13H14FNO2. The zero-order chi connectivity index (χ0) is 12.6. The van der Waals surface area contributed by atoms with Crippen LogP contribution in [0.25, 0.3) is 10.9 Å². The van der Waals surface area contributed by atoms with E-state index in [0.29, 0.717) is 12.2 Å². The first-order valence-corrected chi connectivity index (χ1v) is 5.56. The number of aromatic nitrogens is 1. The van der Waals surface area contributed by atoms with Crippen LogP contribution in [-0.2, 0) is 11.3 Å². The lowest BCUT2D eigenvalue weighted by Crippen LogP contribution is -2.12. The molecule has 0 saturated carbocycles. The summed E-state index contributed by atoms with van der Waals surface area (Å²) in [5.74, 6) is -1.77. The summed E-state index contributed by atoms with van der Waals surface area (Å²) in [6.07, 6.45) is 0. The van der Waals surface area contributed by atoms with Crippen molar-refractivity contribution >= 4 is 16.9 Å². The van der Waals surface area contributed by atoms with Crippen molar-refractivity contribution in [3.05, 3.63) is 35.8 Å². The molecule has 0 aliphatic heterocycles. The molecule has 1 aromatic heterocycles. The summed E-state index contributed by atoms with van der Waals surface area (Å²) in [7, 11) is 0. The fourth-order valence-electron chi connectivity index (χ4n) is 2.10. The zero-order valence-corrected chi connectivity index (χ0v) is 9.77. The molecule has 0 saturated heterocycles. The SMILES string of the molecule is CCn1c(C(C)C(=O)O)cc2cc(F)ccc21. The summed E-state index contributed by atoms with van der Waals surface area (Å²) in [5, 5.41) is 9.79. The predicted octanol–water partition coefficient (Wildman–Crippen LogP) is 2.99. The monoisotopic (exact) mass is 235 g/mol. The average Bonchev–Trinajstić information content (AvgIpc) is 2.64. The van der Waals surface area contributed by atoms with Gasteiger partial charge in [0.05, 0.1) is 5.92 Å².